The number of nitro groups is 1. The van der Waals surface area contributed by atoms with Crippen LogP contribution >= 0.6 is 0 Å². The zero-order valence-corrected chi connectivity index (χ0v) is 11.9. The largest absolute Gasteiger partial charge is 0.333 e. The first kappa shape index (κ1) is 14.5. The van der Waals surface area contributed by atoms with Gasteiger partial charge in [0.1, 0.15) is 0 Å². The summed E-state index contributed by atoms with van der Waals surface area (Å²) < 4.78 is 0. The van der Waals surface area contributed by atoms with Crippen molar-refractivity contribution >= 4 is 11.6 Å². The van der Waals surface area contributed by atoms with Crippen LogP contribution in [-0.2, 0) is 0 Å². The van der Waals surface area contributed by atoms with Gasteiger partial charge in [-0.2, -0.15) is 0 Å². The number of carbonyl (C=O) groups is 1. The number of rotatable bonds is 2. The Balaban J connectivity index is 2.32. The molecule has 1 aromatic rings. The van der Waals surface area contributed by atoms with Crippen molar-refractivity contribution in [1.29, 1.82) is 0 Å². The maximum absolute atomic E-state index is 12.6. The molecule has 0 aliphatic carbocycles. The van der Waals surface area contributed by atoms with Crippen LogP contribution < -0.4 is 5.32 Å². The number of aryl methyl sites for hydroxylation is 1. The highest BCUT2D eigenvalue weighted by Crippen LogP contribution is 2.21. The van der Waals surface area contributed by atoms with Crippen LogP contribution in [0.15, 0.2) is 18.2 Å². The lowest BCUT2D eigenvalue weighted by Crippen LogP contribution is -2.56. The average molecular weight is 277 g/mol. The van der Waals surface area contributed by atoms with Crippen LogP contribution in [-0.4, -0.2) is 40.9 Å². The summed E-state index contributed by atoms with van der Waals surface area (Å²) in [6.07, 6.45) is 0. The van der Waals surface area contributed by atoms with E-state index in [0.29, 0.717) is 12.1 Å². The third-order valence-electron chi connectivity index (χ3n) is 3.69. The minimum absolute atomic E-state index is 0.0465. The van der Waals surface area contributed by atoms with Gasteiger partial charge in [0.05, 0.1) is 4.92 Å². The molecule has 1 aromatic carbocycles. The average Bonchev–Trinajstić information content (AvgIpc) is 2.41. The second-order valence-corrected chi connectivity index (χ2v) is 5.37. The van der Waals surface area contributed by atoms with E-state index < -0.39 is 4.92 Å². The van der Waals surface area contributed by atoms with E-state index in [1.807, 2.05) is 13.8 Å². The van der Waals surface area contributed by atoms with Gasteiger partial charge >= 0.3 is 0 Å². The van der Waals surface area contributed by atoms with E-state index in [9.17, 15) is 14.9 Å². The Bertz CT molecular complexity index is 544. The Kier molecular flexibility index (Phi) is 4.04. The molecule has 1 fully saturated rings. The summed E-state index contributed by atoms with van der Waals surface area (Å²) in [5.74, 6) is -0.132. The quantitative estimate of drug-likeness (QED) is 0.659. The van der Waals surface area contributed by atoms with E-state index in [4.69, 9.17) is 0 Å². The van der Waals surface area contributed by atoms with Crippen molar-refractivity contribution in [3.05, 3.63) is 39.4 Å². The molecule has 0 bridgehead atoms. The van der Waals surface area contributed by atoms with Crippen LogP contribution in [0.4, 0.5) is 5.69 Å². The van der Waals surface area contributed by atoms with E-state index in [0.717, 1.165) is 12.1 Å². The van der Waals surface area contributed by atoms with Gasteiger partial charge in [0, 0.05) is 42.9 Å². The Morgan fingerprint density at radius 3 is 2.80 bits per heavy atom. The zero-order valence-electron chi connectivity index (χ0n) is 11.9. The van der Waals surface area contributed by atoms with Gasteiger partial charge < -0.3 is 10.2 Å². The second-order valence-electron chi connectivity index (χ2n) is 5.37. The van der Waals surface area contributed by atoms with Crippen molar-refractivity contribution in [2.24, 2.45) is 0 Å². The van der Waals surface area contributed by atoms with Crippen molar-refractivity contribution in [3.8, 4) is 0 Å². The van der Waals surface area contributed by atoms with Gasteiger partial charge in [0.25, 0.3) is 11.6 Å². The summed E-state index contributed by atoms with van der Waals surface area (Å²) in [5.41, 5.74) is 1.13. The number of non-ortho nitro benzene ring substituents is 1. The summed E-state index contributed by atoms with van der Waals surface area (Å²) in [7, 11) is 0. The molecule has 1 heterocycles. The Labute approximate surface area is 117 Å². The first-order valence-corrected chi connectivity index (χ1v) is 6.69. The van der Waals surface area contributed by atoms with E-state index >= 15 is 0 Å². The number of nitrogens with one attached hydrogen (secondary N) is 1. The number of carbonyl (C=O) groups excluding carboxylic acids is 1. The van der Waals surface area contributed by atoms with E-state index in [1.54, 1.807) is 17.9 Å². The molecule has 0 radical (unpaired) electrons. The molecule has 1 saturated heterocycles. The summed E-state index contributed by atoms with van der Waals surface area (Å²) >= 11 is 0. The predicted molar refractivity (Wildman–Crippen MR) is 75.8 cm³/mol. The predicted octanol–water partition coefficient (Wildman–Crippen LogP) is 1.73. The maximum atomic E-state index is 12.6. The molecule has 0 saturated carbocycles. The fraction of sp³-hybridized carbons (Fsp3) is 0.500. The summed E-state index contributed by atoms with van der Waals surface area (Å²) in [6, 6.07) is 4.74. The lowest BCUT2D eigenvalue weighted by atomic mass is 10.0. The molecular weight excluding hydrogens is 258 g/mol. The van der Waals surface area contributed by atoms with Gasteiger partial charge in [0.2, 0.25) is 0 Å². The number of hydrogen-bond donors (Lipinski definition) is 1. The van der Waals surface area contributed by atoms with E-state index in [2.05, 4.69) is 5.32 Å². The van der Waals surface area contributed by atoms with Gasteiger partial charge in [-0.05, 0) is 26.3 Å². The van der Waals surface area contributed by atoms with Gasteiger partial charge in [-0.15, -0.1) is 0 Å². The highest BCUT2D eigenvalue weighted by molar-refractivity contribution is 5.96. The molecule has 1 N–H and O–H groups in total. The number of benzene rings is 1. The molecule has 2 atom stereocenters. The molecule has 0 aromatic heterocycles. The van der Waals surface area contributed by atoms with E-state index in [1.165, 1.54) is 12.1 Å². The van der Waals surface area contributed by atoms with Crippen LogP contribution in [0.25, 0.3) is 0 Å². The minimum Gasteiger partial charge on any atom is -0.333 e. The molecule has 6 nitrogen and oxygen atoms in total. The first-order valence-electron chi connectivity index (χ1n) is 6.69. The fourth-order valence-electron chi connectivity index (χ4n) is 2.41. The standard InChI is InChI=1S/C14H19N3O3/c1-9-4-5-12(17(19)20)6-13(9)14(18)16-8-10(2)15-7-11(16)3/h4-6,10-11,15H,7-8H2,1-3H3. The highest BCUT2D eigenvalue weighted by Gasteiger charge is 2.28. The van der Waals surface area contributed by atoms with E-state index in [-0.39, 0.29) is 23.7 Å². The zero-order chi connectivity index (χ0) is 14.9. The Morgan fingerprint density at radius 1 is 1.45 bits per heavy atom. The normalized spacial score (nSPS) is 22.6. The fourth-order valence-corrected chi connectivity index (χ4v) is 2.41. The SMILES string of the molecule is Cc1ccc([N+](=O)[O-])cc1C(=O)N1CC(C)NCC1C. The van der Waals surface area contributed by atoms with Crippen molar-refractivity contribution in [2.75, 3.05) is 13.1 Å². The molecule has 20 heavy (non-hydrogen) atoms. The van der Waals surface area contributed by atoms with Crippen molar-refractivity contribution in [2.45, 2.75) is 32.9 Å². The summed E-state index contributed by atoms with van der Waals surface area (Å²) in [5, 5.41) is 14.2. The molecule has 2 rings (SSSR count). The monoisotopic (exact) mass is 277 g/mol. The lowest BCUT2D eigenvalue weighted by molar-refractivity contribution is -0.384. The maximum Gasteiger partial charge on any atom is 0.270 e. The van der Waals surface area contributed by atoms with Gasteiger partial charge in [-0.1, -0.05) is 6.07 Å². The smallest absolute Gasteiger partial charge is 0.270 e. The summed E-state index contributed by atoms with van der Waals surface area (Å²) in [4.78, 5) is 24.8. The molecule has 1 aliphatic rings. The minimum atomic E-state index is -0.472. The van der Waals surface area contributed by atoms with Crippen LogP contribution in [0.3, 0.4) is 0 Å². The second kappa shape index (κ2) is 5.58. The molecule has 2 unspecified atom stereocenters. The number of nitro benzene ring substituents is 1. The van der Waals surface area contributed by atoms with Crippen LogP contribution in [0.1, 0.15) is 29.8 Å². The van der Waals surface area contributed by atoms with Crippen molar-refractivity contribution < 1.29 is 9.72 Å². The molecule has 1 amide bonds. The molecular formula is C14H19N3O3. The number of amides is 1. The van der Waals surface area contributed by atoms with Crippen LogP contribution in [0.2, 0.25) is 0 Å². The van der Waals surface area contributed by atoms with Gasteiger partial charge in [-0.25, -0.2) is 0 Å². The molecule has 1 aliphatic heterocycles. The third kappa shape index (κ3) is 2.80. The van der Waals surface area contributed by atoms with Crippen LogP contribution in [0, 0.1) is 17.0 Å². The van der Waals surface area contributed by atoms with Crippen LogP contribution in [0.5, 0.6) is 0 Å². The van der Waals surface area contributed by atoms with Crippen molar-refractivity contribution in [1.82, 2.24) is 10.2 Å². The van der Waals surface area contributed by atoms with Gasteiger partial charge in [-0.3, -0.25) is 14.9 Å². The number of nitrogens with zero attached hydrogens (tertiary/aromatic N) is 2. The lowest BCUT2D eigenvalue weighted by Gasteiger charge is -2.37. The molecule has 0 spiro atoms. The Morgan fingerprint density at radius 2 is 2.15 bits per heavy atom. The first-order chi connectivity index (χ1) is 9.40. The topological polar surface area (TPSA) is 75.5 Å². The summed E-state index contributed by atoms with van der Waals surface area (Å²) in [6.45, 7) is 7.15. The number of piperazine rings is 1. The highest BCUT2D eigenvalue weighted by atomic mass is 16.6. The van der Waals surface area contributed by atoms with Crippen molar-refractivity contribution in [3.63, 3.8) is 0 Å². The van der Waals surface area contributed by atoms with Gasteiger partial charge in [0.15, 0.2) is 0 Å². The number of hydrogen-bond acceptors (Lipinski definition) is 4. The molecule has 108 valence electrons. The molecule has 6 heteroatoms. The third-order valence-corrected chi connectivity index (χ3v) is 3.69. The Hall–Kier alpha value is -1.95.